The van der Waals surface area contributed by atoms with Gasteiger partial charge in [0.1, 0.15) is 19.0 Å². The molecule has 3 aromatic rings. The summed E-state index contributed by atoms with van der Waals surface area (Å²) in [4.78, 5) is 16.3. The van der Waals surface area contributed by atoms with Crippen LogP contribution in [0.2, 0.25) is 0 Å². The van der Waals surface area contributed by atoms with E-state index in [1.807, 2.05) is 42.5 Å². The molecule has 0 saturated heterocycles. The van der Waals surface area contributed by atoms with E-state index >= 15 is 0 Å². The molecule has 0 atom stereocenters. The van der Waals surface area contributed by atoms with Gasteiger partial charge in [0.25, 0.3) is 5.91 Å². The molecular formula is C20H20N2O4. The van der Waals surface area contributed by atoms with Crippen molar-refractivity contribution >= 4 is 5.91 Å². The molecule has 26 heavy (non-hydrogen) atoms. The predicted octanol–water partition coefficient (Wildman–Crippen LogP) is 3.33. The number of aromatic nitrogens is 1. The van der Waals surface area contributed by atoms with Crippen LogP contribution in [-0.2, 0) is 24.5 Å². The van der Waals surface area contributed by atoms with E-state index in [1.165, 1.54) is 0 Å². The molecule has 0 aliphatic carbocycles. The lowest BCUT2D eigenvalue weighted by Gasteiger charge is -2.08. The number of pyridine rings is 1. The van der Waals surface area contributed by atoms with Crippen LogP contribution < -0.4 is 10.1 Å². The van der Waals surface area contributed by atoms with Gasteiger partial charge in [-0.2, -0.15) is 0 Å². The molecule has 0 saturated carbocycles. The van der Waals surface area contributed by atoms with E-state index in [-0.39, 0.29) is 11.7 Å². The number of benzene rings is 1. The number of hydrogen-bond donors (Lipinski definition) is 1. The molecular weight excluding hydrogens is 332 g/mol. The molecule has 1 aromatic carbocycles. The van der Waals surface area contributed by atoms with Crippen LogP contribution in [-0.4, -0.2) is 18.0 Å². The van der Waals surface area contributed by atoms with Crippen molar-refractivity contribution in [3.8, 4) is 5.88 Å². The summed E-state index contributed by atoms with van der Waals surface area (Å²) in [6.45, 7) is 1.13. The zero-order valence-electron chi connectivity index (χ0n) is 14.5. The maximum Gasteiger partial charge on any atom is 0.287 e. The number of nitrogens with zero attached hydrogens (tertiary/aromatic N) is 1. The molecule has 6 nitrogen and oxygen atoms in total. The summed E-state index contributed by atoms with van der Waals surface area (Å²) in [7, 11) is 1.57. The van der Waals surface area contributed by atoms with Gasteiger partial charge >= 0.3 is 0 Å². The molecule has 134 valence electrons. The Kier molecular flexibility index (Phi) is 6.01. The summed E-state index contributed by atoms with van der Waals surface area (Å²) in [5.41, 5.74) is 1.96. The van der Waals surface area contributed by atoms with E-state index < -0.39 is 0 Å². The number of carbonyl (C=O) groups excluding carboxylic acids is 1. The quantitative estimate of drug-likeness (QED) is 0.673. The monoisotopic (exact) mass is 352 g/mol. The van der Waals surface area contributed by atoms with Crippen LogP contribution in [0.4, 0.5) is 0 Å². The summed E-state index contributed by atoms with van der Waals surface area (Å²) in [5, 5.41) is 2.81. The first-order valence-electron chi connectivity index (χ1n) is 8.22. The highest BCUT2D eigenvalue weighted by Gasteiger charge is 2.11. The number of carbonyl (C=O) groups is 1. The Morgan fingerprint density at radius 1 is 1.08 bits per heavy atom. The number of methoxy groups -OCH3 is 1. The zero-order chi connectivity index (χ0) is 18.2. The lowest BCUT2D eigenvalue weighted by Crippen LogP contribution is -2.22. The number of hydrogen-bond acceptors (Lipinski definition) is 5. The van der Waals surface area contributed by atoms with Gasteiger partial charge in [0.2, 0.25) is 5.88 Å². The largest absolute Gasteiger partial charge is 0.473 e. The summed E-state index contributed by atoms with van der Waals surface area (Å²) in [6, 6.07) is 16.9. The Morgan fingerprint density at radius 2 is 1.92 bits per heavy atom. The number of ether oxygens (including phenoxy) is 2. The number of rotatable bonds is 8. The van der Waals surface area contributed by atoms with Gasteiger partial charge < -0.3 is 19.2 Å². The standard InChI is InChI=1S/C20H20N2O4/c1-24-14-17-7-8-18(26-17)20(23)22-12-16-9-10-21-19(11-16)25-13-15-5-3-2-4-6-15/h2-11H,12-14H2,1H3,(H,22,23). The second-order valence-electron chi connectivity index (χ2n) is 5.66. The van der Waals surface area contributed by atoms with E-state index in [2.05, 4.69) is 10.3 Å². The van der Waals surface area contributed by atoms with Gasteiger partial charge in [-0.05, 0) is 29.3 Å². The summed E-state index contributed by atoms with van der Waals surface area (Å²) < 4.78 is 16.1. The van der Waals surface area contributed by atoms with Crippen molar-refractivity contribution in [3.05, 3.63) is 83.4 Å². The topological polar surface area (TPSA) is 73.6 Å². The average molecular weight is 352 g/mol. The molecule has 0 fully saturated rings. The SMILES string of the molecule is COCc1ccc(C(=O)NCc2ccnc(OCc3ccccc3)c2)o1. The second-order valence-corrected chi connectivity index (χ2v) is 5.66. The minimum absolute atomic E-state index is 0.256. The van der Waals surface area contributed by atoms with Crippen LogP contribution >= 0.6 is 0 Å². The Labute approximate surface area is 151 Å². The number of amides is 1. The minimum atomic E-state index is -0.282. The molecule has 2 aromatic heterocycles. The maximum atomic E-state index is 12.1. The molecule has 2 heterocycles. The normalized spacial score (nSPS) is 10.5. The highest BCUT2D eigenvalue weighted by Crippen LogP contribution is 2.13. The van der Waals surface area contributed by atoms with Crippen molar-refractivity contribution in [2.75, 3.05) is 7.11 Å². The van der Waals surface area contributed by atoms with Gasteiger partial charge in [-0.15, -0.1) is 0 Å². The molecule has 0 aliphatic rings. The molecule has 1 amide bonds. The van der Waals surface area contributed by atoms with Crippen LogP contribution in [0.5, 0.6) is 5.88 Å². The van der Waals surface area contributed by atoms with Gasteiger partial charge in [-0.3, -0.25) is 4.79 Å². The van der Waals surface area contributed by atoms with Gasteiger partial charge in [-0.25, -0.2) is 4.98 Å². The first-order valence-corrected chi connectivity index (χ1v) is 8.22. The highest BCUT2D eigenvalue weighted by molar-refractivity contribution is 5.91. The average Bonchev–Trinajstić information content (AvgIpc) is 3.15. The highest BCUT2D eigenvalue weighted by atomic mass is 16.5. The second kappa shape index (κ2) is 8.82. The van der Waals surface area contributed by atoms with Crippen molar-refractivity contribution in [2.24, 2.45) is 0 Å². The molecule has 0 radical (unpaired) electrons. The van der Waals surface area contributed by atoms with E-state index in [1.54, 1.807) is 25.4 Å². The van der Waals surface area contributed by atoms with Crippen molar-refractivity contribution in [1.82, 2.24) is 10.3 Å². The fourth-order valence-electron chi connectivity index (χ4n) is 2.36. The number of nitrogens with one attached hydrogen (secondary N) is 1. The van der Waals surface area contributed by atoms with Crippen LogP contribution in [0.25, 0.3) is 0 Å². The molecule has 0 aliphatic heterocycles. The maximum absolute atomic E-state index is 12.1. The minimum Gasteiger partial charge on any atom is -0.473 e. The third-order valence-electron chi connectivity index (χ3n) is 3.65. The molecule has 0 bridgehead atoms. The Balaban J connectivity index is 1.53. The summed E-state index contributed by atoms with van der Waals surface area (Å²) in [6.07, 6.45) is 1.66. The summed E-state index contributed by atoms with van der Waals surface area (Å²) >= 11 is 0. The van der Waals surface area contributed by atoms with Gasteiger partial charge in [0.05, 0.1) is 0 Å². The first-order chi connectivity index (χ1) is 12.7. The zero-order valence-corrected chi connectivity index (χ0v) is 14.5. The van der Waals surface area contributed by atoms with Gasteiger partial charge in [0.15, 0.2) is 5.76 Å². The van der Waals surface area contributed by atoms with Crippen molar-refractivity contribution in [1.29, 1.82) is 0 Å². The van der Waals surface area contributed by atoms with Crippen LogP contribution in [0.1, 0.15) is 27.4 Å². The fraction of sp³-hybridized carbons (Fsp3) is 0.200. The van der Waals surface area contributed by atoms with Crippen molar-refractivity contribution in [3.63, 3.8) is 0 Å². The predicted molar refractivity (Wildman–Crippen MR) is 95.6 cm³/mol. The smallest absolute Gasteiger partial charge is 0.287 e. The molecule has 0 spiro atoms. The summed E-state index contributed by atoms with van der Waals surface area (Å²) in [5.74, 6) is 1.10. The third-order valence-corrected chi connectivity index (χ3v) is 3.65. The fourth-order valence-corrected chi connectivity index (χ4v) is 2.36. The van der Waals surface area contributed by atoms with Crippen molar-refractivity contribution in [2.45, 2.75) is 19.8 Å². The van der Waals surface area contributed by atoms with Gasteiger partial charge in [0, 0.05) is 25.9 Å². The molecule has 0 unspecified atom stereocenters. The Bertz CT molecular complexity index is 846. The van der Waals surface area contributed by atoms with E-state index in [0.29, 0.717) is 31.4 Å². The molecule has 3 rings (SSSR count). The van der Waals surface area contributed by atoms with Crippen LogP contribution in [0.15, 0.2) is 65.2 Å². The Morgan fingerprint density at radius 3 is 2.73 bits per heavy atom. The third kappa shape index (κ3) is 4.94. The number of furan rings is 1. The Hall–Kier alpha value is -3.12. The van der Waals surface area contributed by atoms with E-state index in [0.717, 1.165) is 11.1 Å². The van der Waals surface area contributed by atoms with Crippen molar-refractivity contribution < 1.29 is 18.7 Å². The van der Waals surface area contributed by atoms with E-state index in [4.69, 9.17) is 13.9 Å². The molecule has 6 heteroatoms. The molecule has 1 N–H and O–H groups in total. The van der Waals surface area contributed by atoms with Crippen LogP contribution in [0, 0.1) is 0 Å². The lowest BCUT2D eigenvalue weighted by atomic mass is 10.2. The van der Waals surface area contributed by atoms with Crippen LogP contribution in [0.3, 0.4) is 0 Å². The first kappa shape index (κ1) is 17.7. The lowest BCUT2D eigenvalue weighted by molar-refractivity contribution is 0.0914. The van der Waals surface area contributed by atoms with Gasteiger partial charge in [-0.1, -0.05) is 30.3 Å². The van der Waals surface area contributed by atoms with E-state index in [9.17, 15) is 4.79 Å².